The lowest BCUT2D eigenvalue weighted by molar-refractivity contribution is -0.251. The Morgan fingerprint density at radius 1 is 0.878 bits per heavy atom. The molecule has 1 unspecified atom stereocenters. The van der Waals surface area contributed by atoms with E-state index in [1.807, 2.05) is 34.6 Å². The van der Waals surface area contributed by atoms with E-state index in [4.69, 9.17) is 9.47 Å². The predicted octanol–water partition coefficient (Wildman–Crippen LogP) is 8.19. The molecule has 0 aliphatic heterocycles. The van der Waals surface area contributed by atoms with Gasteiger partial charge in [0.25, 0.3) is 0 Å². The highest BCUT2D eigenvalue weighted by atomic mass is 16.6. The minimum atomic E-state index is -0.996. The lowest BCUT2D eigenvalue weighted by atomic mass is 9.35. The summed E-state index contributed by atoms with van der Waals surface area (Å²) in [6, 6.07) is -0.856. The number of esters is 1. The topological polar surface area (TPSA) is 125 Å². The fourth-order valence-electron chi connectivity index (χ4n) is 11.9. The quantitative estimate of drug-likeness (QED) is 0.170. The number of carbonyl (C=O) groups is 2. The van der Waals surface area contributed by atoms with Gasteiger partial charge in [-0.1, -0.05) is 54.9 Å². The largest absolute Gasteiger partial charge is 0.461 e. The highest BCUT2D eigenvalue weighted by molar-refractivity contribution is 5.82. The number of ether oxygens (including phenoxy) is 2. The van der Waals surface area contributed by atoms with Crippen molar-refractivity contribution in [2.45, 2.75) is 196 Å². The molecular formula is C41H73NO7. The average Bonchev–Trinajstić information content (AvgIpc) is 3.33. The number of aliphatic hydroxyl groups excluding tert-OH is 1. The molecule has 8 nitrogen and oxygen atoms in total. The van der Waals surface area contributed by atoms with Crippen LogP contribution in [0.15, 0.2) is 0 Å². The van der Waals surface area contributed by atoms with Gasteiger partial charge >= 0.3 is 12.1 Å². The smallest absolute Gasteiger partial charge is 0.408 e. The zero-order valence-electron chi connectivity index (χ0n) is 33.4. The molecule has 4 rings (SSSR count). The SMILES string of the molecule is CC[C@H](C)[C@H](NC(=O)OC(C)(C)C)C(=O)O[C@@H]1C[C@@H]2[C@@]3(C)CC[C@H](O)C(C)(C)[C@H]3CC[C@@]2(C)[C@]2(C)CCC([C@](C)(O)CCCC(C)(C)O)[C@@H]12. The summed E-state index contributed by atoms with van der Waals surface area (Å²) in [7, 11) is 0. The summed E-state index contributed by atoms with van der Waals surface area (Å²) in [5.74, 6) is -0.115. The lowest BCUT2D eigenvalue weighted by Crippen LogP contribution is -2.67. The molecule has 0 aromatic heterocycles. The van der Waals surface area contributed by atoms with Gasteiger partial charge in [-0.25, -0.2) is 9.59 Å². The molecule has 0 saturated heterocycles. The zero-order chi connectivity index (χ0) is 37.2. The zero-order valence-corrected chi connectivity index (χ0v) is 33.4. The first-order valence-corrected chi connectivity index (χ1v) is 19.6. The summed E-state index contributed by atoms with van der Waals surface area (Å²) < 4.78 is 12.3. The highest BCUT2D eigenvalue weighted by Gasteiger charge is 2.72. The minimum absolute atomic E-state index is 0.0347. The molecule has 0 spiro atoms. The van der Waals surface area contributed by atoms with Crippen molar-refractivity contribution in [3.8, 4) is 0 Å². The highest BCUT2D eigenvalue weighted by Crippen LogP contribution is 2.76. The van der Waals surface area contributed by atoms with Crippen LogP contribution in [0.3, 0.4) is 0 Å². The summed E-state index contributed by atoms with van der Waals surface area (Å²) in [5.41, 5.74) is -2.97. The van der Waals surface area contributed by atoms with Gasteiger partial charge in [0, 0.05) is 5.92 Å². The van der Waals surface area contributed by atoms with Crippen molar-refractivity contribution < 1.29 is 34.4 Å². The van der Waals surface area contributed by atoms with E-state index >= 15 is 0 Å². The molecule has 0 aromatic rings. The van der Waals surface area contributed by atoms with Crippen LogP contribution in [0.5, 0.6) is 0 Å². The molecule has 12 atom stereocenters. The summed E-state index contributed by atoms with van der Waals surface area (Å²) in [6.45, 7) is 26.8. The maximum atomic E-state index is 14.4. The molecule has 1 amide bonds. The number of fused-ring (bicyclic) bond motifs is 5. The van der Waals surface area contributed by atoms with E-state index in [1.54, 1.807) is 20.8 Å². The van der Waals surface area contributed by atoms with Crippen LogP contribution in [-0.2, 0) is 14.3 Å². The summed E-state index contributed by atoms with van der Waals surface area (Å²) in [6.07, 6.45) is 7.48. The monoisotopic (exact) mass is 692 g/mol. The summed E-state index contributed by atoms with van der Waals surface area (Å²) in [4.78, 5) is 27.4. The van der Waals surface area contributed by atoms with Gasteiger partial charge in [0.1, 0.15) is 17.7 Å². The van der Waals surface area contributed by atoms with E-state index in [0.29, 0.717) is 38.0 Å². The first-order valence-electron chi connectivity index (χ1n) is 19.6. The van der Waals surface area contributed by atoms with Gasteiger partial charge in [0.05, 0.1) is 17.3 Å². The molecule has 0 radical (unpaired) electrons. The van der Waals surface area contributed by atoms with E-state index in [-0.39, 0.29) is 51.4 Å². The lowest BCUT2D eigenvalue weighted by Gasteiger charge is -2.70. The average molecular weight is 692 g/mol. The third-order valence-corrected chi connectivity index (χ3v) is 15.0. The van der Waals surface area contributed by atoms with Crippen LogP contribution in [0.2, 0.25) is 0 Å². The molecule has 284 valence electrons. The molecule has 0 bridgehead atoms. The number of rotatable bonds is 10. The standard InChI is InChI=1S/C41H73NO7/c1-14-25(2)32(42-34(45)49-35(3,4)5)33(44)48-27-24-29-38(10)21-18-30(43)37(8,9)28(38)17-23-39(29,11)40(12)22-16-26(31(27)40)41(13,47)20-15-19-36(6,7)46/h25-32,43,46-47H,14-24H2,1-13H3,(H,42,45)/t25-,26?,27+,28+,29+,30-,31-,32-,38-,39+,40+,41+/m0/s1. The van der Waals surface area contributed by atoms with Gasteiger partial charge in [-0.15, -0.1) is 0 Å². The Kier molecular flexibility index (Phi) is 11.2. The van der Waals surface area contributed by atoms with Crippen molar-refractivity contribution >= 4 is 12.1 Å². The van der Waals surface area contributed by atoms with Crippen LogP contribution in [0, 0.1) is 51.2 Å². The second-order valence-electron chi connectivity index (χ2n) is 20.3. The van der Waals surface area contributed by atoms with Crippen molar-refractivity contribution in [2.24, 2.45) is 51.2 Å². The molecule has 4 N–H and O–H groups in total. The van der Waals surface area contributed by atoms with E-state index in [2.05, 4.69) is 39.9 Å². The Labute approximate surface area is 298 Å². The van der Waals surface area contributed by atoms with Crippen LogP contribution >= 0.6 is 0 Å². The number of hydrogen-bond donors (Lipinski definition) is 4. The Morgan fingerprint density at radius 2 is 1.49 bits per heavy atom. The van der Waals surface area contributed by atoms with Gasteiger partial charge in [-0.05, 0) is 151 Å². The van der Waals surface area contributed by atoms with Crippen LogP contribution in [-0.4, -0.2) is 62.4 Å². The fraction of sp³-hybridized carbons (Fsp3) is 0.951. The van der Waals surface area contributed by atoms with Gasteiger partial charge in [0.2, 0.25) is 0 Å². The summed E-state index contributed by atoms with van der Waals surface area (Å²) in [5, 5.41) is 36.8. The Hall–Kier alpha value is -1.38. The molecule has 4 fully saturated rings. The van der Waals surface area contributed by atoms with Gasteiger partial charge in [-0.3, -0.25) is 0 Å². The van der Waals surface area contributed by atoms with Crippen LogP contribution in [0.4, 0.5) is 4.79 Å². The third kappa shape index (κ3) is 7.59. The minimum Gasteiger partial charge on any atom is -0.461 e. The molecule has 4 aliphatic rings. The number of alkyl carbamates (subject to hydrolysis) is 1. The number of amides is 1. The number of hydrogen-bond acceptors (Lipinski definition) is 7. The van der Waals surface area contributed by atoms with Crippen molar-refractivity contribution in [1.29, 1.82) is 0 Å². The second-order valence-corrected chi connectivity index (χ2v) is 20.3. The maximum absolute atomic E-state index is 14.4. The van der Waals surface area contributed by atoms with Crippen LogP contribution < -0.4 is 5.32 Å². The fourth-order valence-corrected chi connectivity index (χ4v) is 11.9. The second kappa shape index (κ2) is 13.5. The molecular weight excluding hydrogens is 618 g/mol. The summed E-state index contributed by atoms with van der Waals surface area (Å²) >= 11 is 0. The number of carbonyl (C=O) groups excluding carboxylic acids is 2. The van der Waals surface area contributed by atoms with Gasteiger partial charge in [-0.2, -0.15) is 0 Å². The van der Waals surface area contributed by atoms with Crippen molar-refractivity contribution in [1.82, 2.24) is 5.32 Å². The van der Waals surface area contributed by atoms with Crippen molar-refractivity contribution in [3.05, 3.63) is 0 Å². The van der Waals surface area contributed by atoms with Crippen LogP contribution in [0.1, 0.15) is 161 Å². The van der Waals surface area contributed by atoms with Gasteiger partial charge in [0.15, 0.2) is 0 Å². The Bertz CT molecular complexity index is 1200. The number of aliphatic hydroxyl groups is 3. The molecule has 0 heterocycles. The molecule has 49 heavy (non-hydrogen) atoms. The predicted molar refractivity (Wildman–Crippen MR) is 194 cm³/mol. The Morgan fingerprint density at radius 3 is 2.06 bits per heavy atom. The van der Waals surface area contributed by atoms with E-state index < -0.39 is 41.0 Å². The normalized spacial score (nSPS) is 39.8. The van der Waals surface area contributed by atoms with Crippen molar-refractivity contribution in [3.63, 3.8) is 0 Å². The maximum Gasteiger partial charge on any atom is 0.408 e. The van der Waals surface area contributed by atoms with E-state index in [9.17, 15) is 24.9 Å². The van der Waals surface area contributed by atoms with Crippen LogP contribution in [0.25, 0.3) is 0 Å². The molecule has 8 heteroatoms. The Balaban J connectivity index is 1.75. The first kappa shape index (κ1) is 40.4. The van der Waals surface area contributed by atoms with E-state index in [0.717, 1.165) is 38.5 Å². The first-order chi connectivity index (χ1) is 22.2. The van der Waals surface area contributed by atoms with E-state index in [1.165, 1.54) is 0 Å². The molecule has 4 saturated carbocycles. The van der Waals surface area contributed by atoms with Crippen molar-refractivity contribution in [2.75, 3.05) is 0 Å². The molecule has 0 aromatic carbocycles. The molecule has 4 aliphatic carbocycles. The van der Waals surface area contributed by atoms with Gasteiger partial charge < -0.3 is 30.1 Å². The third-order valence-electron chi connectivity index (χ3n) is 15.0. The number of nitrogens with one attached hydrogen (secondary N) is 1.